The molecule has 2 N–H and O–H groups in total. The number of unbranched alkanes of at least 4 members (excludes halogenated alkanes) is 3. The zero-order chi connectivity index (χ0) is 30.1. The number of benzene rings is 4. The number of anilines is 4. The quantitative estimate of drug-likeness (QED) is 0.142. The van der Waals surface area contributed by atoms with Gasteiger partial charge in [-0.05, 0) is 61.4 Å². The van der Waals surface area contributed by atoms with Gasteiger partial charge in [0.15, 0.2) is 10.3 Å². The number of rotatable bonds is 11. The maximum atomic E-state index is 13.3. The van der Waals surface area contributed by atoms with Crippen molar-refractivity contribution in [2.45, 2.75) is 25.7 Å². The zero-order valence-electron chi connectivity index (χ0n) is 24.1. The Balaban J connectivity index is 0.981. The van der Waals surface area contributed by atoms with Crippen LogP contribution in [-0.4, -0.2) is 35.1 Å². The van der Waals surface area contributed by atoms with E-state index < -0.39 is 0 Å². The Morgan fingerprint density at radius 1 is 0.523 bits per heavy atom. The Kier molecular flexibility index (Phi) is 9.39. The molecular formula is C34H32N6O2S2. The first-order valence-electron chi connectivity index (χ1n) is 14.6. The van der Waals surface area contributed by atoms with Crippen LogP contribution in [0.5, 0.6) is 0 Å². The molecule has 4 amide bonds. The van der Waals surface area contributed by atoms with Gasteiger partial charge in [0.05, 0.1) is 31.8 Å². The van der Waals surface area contributed by atoms with Crippen molar-refractivity contribution in [2.75, 3.05) is 22.9 Å². The topological polar surface area (TPSA) is 90.5 Å². The van der Waals surface area contributed by atoms with Crippen LogP contribution in [-0.2, 0) is 0 Å². The van der Waals surface area contributed by atoms with Crippen molar-refractivity contribution >= 4 is 76.8 Å². The zero-order valence-corrected chi connectivity index (χ0v) is 25.7. The number of amides is 4. The molecule has 6 aromatic rings. The number of thiazole rings is 2. The Bertz CT molecular complexity index is 1640. The predicted octanol–water partition coefficient (Wildman–Crippen LogP) is 8.86. The van der Waals surface area contributed by atoms with Crippen molar-refractivity contribution in [1.82, 2.24) is 20.6 Å². The maximum Gasteiger partial charge on any atom is 0.328 e. The molecule has 6 rings (SSSR count). The van der Waals surface area contributed by atoms with E-state index >= 15 is 0 Å². The second kappa shape index (κ2) is 14.1. The SMILES string of the molecule is O=C(NCCCCCCNC(=O)N(c1ccccc1)c1nc2ccccc2s1)N(c1ccccc1)c1nc2ccccc2s1. The smallest absolute Gasteiger partial charge is 0.328 e. The average molecular weight is 621 g/mol. The Morgan fingerprint density at radius 3 is 1.32 bits per heavy atom. The summed E-state index contributed by atoms with van der Waals surface area (Å²) in [5.41, 5.74) is 3.30. The van der Waals surface area contributed by atoms with Gasteiger partial charge in [-0.2, -0.15) is 0 Å². The molecule has 222 valence electrons. The highest BCUT2D eigenvalue weighted by atomic mass is 32.1. The molecule has 2 aromatic heterocycles. The van der Waals surface area contributed by atoms with E-state index in [1.54, 1.807) is 9.80 Å². The number of urea groups is 2. The first kappa shape index (κ1) is 29.3. The molecule has 0 saturated heterocycles. The van der Waals surface area contributed by atoms with E-state index in [9.17, 15) is 9.59 Å². The molecule has 0 fully saturated rings. The molecule has 0 bridgehead atoms. The lowest BCUT2D eigenvalue weighted by molar-refractivity contribution is 0.247. The summed E-state index contributed by atoms with van der Waals surface area (Å²) in [6.07, 6.45) is 3.54. The predicted molar refractivity (Wildman–Crippen MR) is 182 cm³/mol. The van der Waals surface area contributed by atoms with E-state index in [1.165, 1.54) is 22.7 Å². The lowest BCUT2D eigenvalue weighted by Crippen LogP contribution is -2.37. The minimum Gasteiger partial charge on any atom is -0.337 e. The van der Waals surface area contributed by atoms with Gasteiger partial charge in [-0.3, -0.25) is 0 Å². The summed E-state index contributed by atoms with van der Waals surface area (Å²) in [5.74, 6) is 0. The van der Waals surface area contributed by atoms with Crippen LogP contribution >= 0.6 is 22.7 Å². The first-order valence-corrected chi connectivity index (χ1v) is 16.3. The summed E-state index contributed by atoms with van der Waals surface area (Å²) in [5, 5.41) is 7.41. The van der Waals surface area contributed by atoms with Gasteiger partial charge in [-0.1, -0.05) is 96.2 Å². The molecule has 8 nitrogen and oxygen atoms in total. The Morgan fingerprint density at radius 2 is 0.909 bits per heavy atom. The summed E-state index contributed by atoms with van der Waals surface area (Å²) in [6, 6.07) is 34.6. The van der Waals surface area contributed by atoms with E-state index in [0.717, 1.165) is 57.5 Å². The summed E-state index contributed by atoms with van der Waals surface area (Å²) >= 11 is 2.99. The second-order valence-corrected chi connectivity index (χ2v) is 12.2. The van der Waals surface area contributed by atoms with Gasteiger partial charge in [0.1, 0.15) is 0 Å². The molecule has 44 heavy (non-hydrogen) atoms. The number of nitrogens with one attached hydrogen (secondary N) is 2. The number of hydrogen-bond donors (Lipinski definition) is 2. The van der Waals surface area contributed by atoms with E-state index in [-0.39, 0.29) is 12.1 Å². The number of nitrogens with zero attached hydrogens (tertiary/aromatic N) is 4. The van der Waals surface area contributed by atoms with Crippen LogP contribution in [0.2, 0.25) is 0 Å². The van der Waals surface area contributed by atoms with Gasteiger partial charge in [0, 0.05) is 13.1 Å². The fourth-order valence-electron chi connectivity index (χ4n) is 4.85. The van der Waals surface area contributed by atoms with Crippen LogP contribution in [0.4, 0.5) is 31.2 Å². The van der Waals surface area contributed by atoms with Crippen LogP contribution < -0.4 is 20.4 Å². The molecule has 0 aliphatic heterocycles. The van der Waals surface area contributed by atoms with Crippen LogP contribution in [0.25, 0.3) is 20.4 Å². The number of carbonyl (C=O) groups is 2. The number of aromatic nitrogens is 2. The van der Waals surface area contributed by atoms with Crippen molar-refractivity contribution < 1.29 is 9.59 Å². The van der Waals surface area contributed by atoms with Crippen LogP contribution in [0.3, 0.4) is 0 Å². The second-order valence-electron chi connectivity index (χ2n) is 10.1. The lowest BCUT2D eigenvalue weighted by Gasteiger charge is -2.21. The highest BCUT2D eigenvalue weighted by molar-refractivity contribution is 7.22. The van der Waals surface area contributed by atoms with Gasteiger partial charge < -0.3 is 10.6 Å². The molecule has 0 unspecified atom stereocenters. The number of hydrogen-bond acceptors (Lipinski definition) is 6. The van der Waals surface area contributed by atoms with Crippen molar-refractivity contribution in [3.05, 3.63) is 109 Å². The summed E-state index contributed by atoms with van der Waals surface area (Å²) in [4.78, 5) is 39.3. The normalized spacial score (nSPS) is 11.0. The van der Waals surface area contributed by atoms with Gasteiger partial charge >= 0.3 is 12.1 Å². The summed E-state index contributed by atoms with van der Waals surface area (Å²) < 4.78 is 2.07. The van der Waals surface area contributed by atoms with E-state index in [0.29, 0.717) is 23.4 Å². The van der Waals surface area contributed by atoms with E-state index in [2.05, 4.69) is 10.6 Å². The molecule has 0 radical (unpaired) electrons. The first-order chi connectivity index (χ1) is 21.7. The van der Waals surface area contributed by atoms with Crippen molar-refractivity contribution in [3.63, 3.8) is 0 Å². The van der Waals surface area contributed by atoms with Crippen molar-refractivity contribution in [1.29, 1.82) is 0 Å². The summed E-state index contributed by atoms with van der Waals surface area (Å²) in [6.45, 7) is 1.11. The highest BCUT2D eigenvalue weighted by Crippen LogP contribution is 2.34. The minimum absolute atomic E-state index is 0.196. The van der Waals surface area contributed by atoms with Gasteiger partial charge in [0.2, 0.25) is 0 Å². The molecule has 0 aliphatic carbocycles. The Labute approximate surface area is 264 Å². The average Bonchev–Trinajstić information content (AvgIpc) is 3.68. The van der Waals surface area contributed by atoms with Crippen molar-refractivity contribution in [3.8, 4) is 0 Å². The molecule has 10 heteroatoms. The Hall–Kier alpha value is -4.80. The third-order valence-corrected chi connectivity index (χ3v) is 9.08. The molecule has 0 aliphatic rings. The fraction of sp³-hybridized carbons (Fsp3) is 0.176. The van der Waals surface area contributed by atoms with Crippen molar-refractivity contribution in [2.24, 2.45) is 0 Å². The number of fused-ring (bicyclic) bond motifs is 2. The molecule has 4 aromatic carbocycles. The van der Waals surface area contributed by atoms with Gasteiger partial charge in [-0.15, -0.1) is 0 Å². The van der Waals surface area contributed by atoms with E-state index in [4.69, 9.17) is 9.97 Å². The van der Waals surface area contributed by atoms with Gasteiger partial charge in [0.25, 0.3) is 0 Å². The third kappa shape index (κ3) is 6.88. The molecule has 2 heterocycles. The number of carbonyl (C=O) groups excluding carboxylic acids is 2. The molecule has 0 spiro atoms. The standard InChI is InChI=1S/C34H32N6O2S2/c41-31(39(25-15-5-3-6-16-25)33-37-27-19-9-11-21-29(27)43-33)35-23-13-1-2-14-24-36-32(42)40(26-17-7-4-8-18-26)34-38-28-20-10-12-22-30(28)44-34/h3-12,15-22H,1-2,13-14,23-24H2,(H,35,41)(H,36,42). The fourth-order valence-corrected chi connectivity index (χ4v) is 6.82. The van der Waals surface area contributed by atoms with Crippen LogP contribution in [0, 0.1) is 0 Å². The minimum atomic E-state index is -0.196. The third-order valence-electron chi connectivity index (χ3n) is 7.04. The largest absolute Gasteiger partial charge is 0.337 e. The lowest BCUT2D eigenvalue weighted by atomic mass is 10.2. The molecular weight excluding hydrogens is 589 g/mol. The summed E-state index contributed by atoms with van der Waals surface area (Å²) in [7, 11) is 0. The van der Waals surface area contributed by atoms with E-state index in [1.807, 2.05) is 109 Å². The molecule has 0 atom stereocenters. The number of para-hydroxylation sites is 4. The van der Waals surface area contributed by atoms with Gasteiger partial charge in [-0.25, -0.2) is 29.4 Å². The highest BCUT2D eigenvalue weighted by Gasteiger charge is 2.22. The van der Waals surface area contributed by atoms with Crippen LogP contribution in [0.15, 0.2) is 109 Å². The van der Waals surface area contributed by atoms with Crippen LogP contribution in [0.1, 0.15) is 25.7 Å². The maximum absolute atomic E-state index is 13.3. The molecule has 0 saturated carbocycles. The monoisotopic (exact) mass is 620 g/mol.